The number of rotatable bonds is 8. The number of nitrogens with one attached hydrogen (secondary N) is 1. The zero-order chi connectivity index (χ0) is 12.5. The summed E-state index contributed by atoms with van der Waals surface area (Å²) < 4.78 is 5.14. The van der Waals surface area contributed by atoms with E-state index in [9.17, 15) is 0 Å². The highest BCUT2D eigenvalue weighted by molar-refractivity contribution is 7.99. The van der Waals surface area contributed by atoms with Crippen LogP contribution in [0.25, 0.3) is 0 Å². The summed E-state index contributed by atoms with van der Waals surface area (Å²) in [6.07, 6.45) is 0.865. The van der Waals surface area contributed by atoms with Crippen LogP contribution in [0.5, 0.6) is 5.75 Å². The first-order chi connectivity index (χ1) is 8.31. The molecule has 1 aromatic carbocycles. The number of thioether (sulfide) groups is 1. The first-order valence-electron chi connectivity index (χ1n) is 5.81. The van der Waals surface area contributed by atoms with E-state index in [1.54, 1.807) is 7.11 Å². The van der Waals surface area contributed by atoms with Crippen molar-refractivity contribution in [2.75, 3.05) is 32.3 Å². The van der Waals surface area contributed by atoms with E-state index in [1.165, 1.54) is 5.56 Å². The summed E-state index contributed by atoms with van der Waals surface area (Å²) in [5.41, 5.74) is 1.27. The lowest BCUT2D eigenvalue weighted by molar-refractivity contribution is 0.296. The molecule has 0 aliphatic rings. The standard InChI is InChI=1S/C13H21NO2S/c1-14-13(10-17-9-3-8-15)11-4-6-12(16-2)7-5-11/h4-7,13-15H,3,8-10H2,1-2H3. The lowest BCUT2D eigenvalue weighted by Gasteiger charge is -2.16. The van der Waals surface area contributed by atoms with Crippen LogP contribution in [-0.4, -0.2) is 37.4 Å². The van der Waals surface area contributed by atoms with Gasteiger partial charge in [-0.2, -0.15) is 11.8 Å². The van der Waals surface area contributed by atoms with E-state index in [1.807, 2.05) is 30.9 Å². The van der Waals surface area contributed by atoms with Crippen molar-refractivity contribution in [3.05, 3.63) is 29.8 Å². The number of aliphatic hydroxyl groups is 1. The molecule has 0 fully saturated rings. The molecule has 0 saturated heterocycles. The van der Waals surface area contributed by atoms with Crippen molar-refractivity contribution >= 4 is 11.8 Å². The van der Waals surface area contributed by atoms with Gasteiger partial charge in [0, 0.05) is 18.4 Å². The Morgan fingerprint density at radius 1 is 1.35 bits per heavy atom. The van der Waals surface area contributed by atoms with E-state index in [4.69, 9.17) is 9.84 Å². The number of methoxy groups -OCH3 is 1. The first-order valence-corrected chi connectivity index (χ1v) is 6.97. The van der Waals surface area contributed by atoms with E-state index in [0.29, 0.717) is 6.04 Å². The first kappa shape index (κ1) is 14.4. The minimum absolute atomic E-state index is 0.278. The maximum absolute atomic E-state index is 8.72. The van der Waals surface area contributed by atoms with Gasteiger partial charge in [0.25, 0.3) is 0 Å². The highest BCUT2D eigenvalue weighted by Gasteiger charge is 2.08. The molecule has 0 aliphatic carbocycles. The van der Waals surface area contributed by atoms with Crippen molar-refractivity contribution in [1.82, 2.24) is 5.32 Å². The zero-order valence-corrected chi connectivity index (χ0v) is 11.3. The Balaban J connectivity index is 2.47. The molecule has 0 saturated carbocycles. The van der Waals surface area contributed by atoms with Crippen molar-refractivity contribution in [2.45, 2.75) is 12.5 Å². The molecule has 0 aromatic heterocycles. The third-order valence-electron chi connectivity index (χ3n) is 2.60. The van der Waals surface area contributed by atoms with E-state index in [-0.39, 0.29) is 6.61 Å². The average Bonchev–Trinajstić information content (AvgIpc) is 2.39. The Kier molecular flexibility index (Phi) is 7.08. The zero-order valence-electron chi connectivity index (χ0n) is 10.5. The third-order valence-corrected chi connectivity index (χ3v) is 3.74. The molecule has 4 heteroatoms. The van der Waals surface area contributed by atoms with Gasteiger partial charge in [-0.1, -0.05) is 12.1 Å². The van der Waals surface area contributed by atoms with Gasteiger partial charge in [0.15, 0.2) is 0 Å². The lowest BCUT2D eigenvalue weighted by atomic mass is 10.1. The topological polar surface area (TPSA) is 41.5 Å². The van der Waals surface area contributed by atoms with Crippen molar-refractivity contribution in [1.29, 1.82) is 0 Å². The summed E-state index contributed by atoms with van der Waals surface area (Å²) in [5, 5.41) is 12.0. The van der Waals surface area contributed by atoms with Gasteiger partial charge in [0.2, 0.25) is 0 Å². The summed E-state index contributed by atoms with van der Waals surface area (Å²) in [6.45, 7) is 0.278. The molecule has 1 atom stereocenters. The molecule has 0 bridgehead atoms. The molecule has 1 aromatic rings. The largest absolute Gasteiger partial charge is 0.497 e. The van der Waals surface area contributed by atoms with Crippen molar-refractivity contribution in [3.63, 3.8) is 0 Å². The molecule has 0 heterocycles. The quantitative estimate of drug-likeness (QED) is 0.698. The van der Waals surface area contributed by atoms with Gasteiger partial charge >= 0.3 is 0 Å². The Morgan fingerprint density at radius 3 is 2.59 bits per heavy atom. The summed E-state index contributed by atoms with van der Waals surface area (Å²) in [4.78, 5) is 0. The fourth-order valence-electron chi connectivity index (χ4n) is 1.55. The molecule has 0 spiro atoms. The monoisotopic (exact) mass is 255 g/mol. The Bertz CT molecular complexity index is 303. The van der Waals surface area contributed by atoms with Gasteiger partial charge in [0.05, 0.1) is 7.11 Å². The van der Waals surface area contributed by atoms with Gasteiger partial charge in [-0.05, 0) is 36.9 Å². The number of benzene rings is 1. The molecular weight excluding hydrogens is 234 g/mol. The maximum atomic E-state index is 8.72. The van der Waals surface area contributed by atoms with E-state index < -0.39 is 0 Å². The SMILES string of the molecule is CNC(CSCCCO)c1ccc(OC)cc1. The van der Waals surface area contributed by atoms with Crippen LogP contribution in [-0.2, 0) is 0 Å². The van der Waals surface area contributed by atoms with Gasteiger partial charge in [-0.25, -0.2) is 0 Å². The second-order valence-electron chi connectivity index (χ2n) is 3.77. The van der Waals surface area contributed by atoms with Crippen LogP contribution in [0.4, 0.5) is 0 Å². The third kappa shape index (κ3) is 4.98. The number of hydrogen-bond donors (Lipinski definition) is 2. The minimum Gasteiger partial charge on any atom is -0.497 e. The molecule has 0 radical (unpaired) electrons. The molecule has 2 N–H and O–H groups in total. The summed E-state index contributed by atoms with van der Waals surface area (Å²) in [7, 11) is 3.65. The lowest BCUT2D eigenvalue weighted by Crippen LogP contribution is -2.18. The second-order valence-corrected chi connectivity index (χ2v) is 4.92. The highest BCUT2D eigenvalue weighted by atomic mass is 32.2. The summed E-state index contributed by atoms with van der Waals surface area (Å²) >= 11 is 1.86. The molecular formula is C13H21NO2S. The van der Waals surface area contributed by atoms with Crippen LogP contribution in [0.2, 0.25) is 0 Å². The molecule has 96 valence electrons. The van der Waals surface area contributed by atoms with Crippen LogP contribution in [0, 0.1) is 0 Å². The van der Waals surface area contributed by atoms with Crippen molar-refractivity contribution in [2.24, 2.45) is 0 Å². The molecule has 3 nitrogen and oxygen atoms in total. The van der Waals surface area contributed by atoms with E-state index in [0.717, 1.165) is 23.7 Å². The van der Waals surface area contributed by atoms with Gasteiger partial charge in [0.1, 0.15) is 5.75 Å². The smallest absolute Gasteiger partial charge is 0.118 e. The van der Waals surface area contributed by atoms with Gasteiger partial charge < -0.3 is 15.2 Å². The average molecular weight is 255 g/mol. The maximum Gasteiger partial charge on any atom is 0.118 e. The minimum atomic E-state index is 0.278. The number of ether oxygens (including phenoxy) is 1. The summed E-state index contributed by atoms with van der Waals surface area (Å²) in [6, 6.07) is 8.50. The fourth-order valence-corrected chi connectivity index (χ4v) is 2.64. The fraction of sp³-hybridized carbons (Fsp3) is 0.538. The van der Waals surface area contributed by atoms with Crippen LogP contribution in [0.15, 0.2) is 24.3 Å². The molecule has 0 aliphatic heterocycles. The normalized spacial score (nSPS) is 12.4. The van der Waals surface area contributed by atoms with Crippen LogP contribution >= 0.6 is 11.8 Å². The van der Waals surface area contributed by atoms with Crippen LogP contribution in [0.1, 0.15) is 18.0 Å². The second kappa shape index (κ2) is 8.39. The molecule has 1 unspecified atom stereocenters. The Labute approximate surface area is 108 Å². The summed E-state index contributed by atoms with van der Waals surface area (Å²) in [5.74, 6) is 2.91. The highest BCUT2D eigenvalue weighted by Crippen LogP contribution is 2.21. The molecule has 0 amide bonds. The van der Waals surface area contributed by atoms with Gasteiger partial charge in [-0.3, -0.25) is 0 Å². The predicted molar refractivity (Wildman–Crippen MR) is 73.8 cm³/mol. The van der Waals surface area contributed by atoms with E-state index in [2.05, 4.69) is 17.4 Å². The Morgan fingerprint density at radius 2 is 2.06 bits per heavy atom. The van der Waals surface area contributed by atoms with Crippen molar-refractivity contribution < 1.29 is 9.84 Å². The molecule has 1 rings (SSSR count). The number of hydrogen-bond acceptors (Lipinski definition) is 4. The predicted octanol–water partition coefficient (Wildman–Crippen LogP) is 2.07. The van der Waals surface area contributed by atoms with Crippen LogP contribution in [0.3, 0.4) is 0 Å². The van der Waals surface area contributed by atoms with Crippen molar-refractivity contribution in [3.8, 4) is 5.75 Å². The molecule has 17 heavy (non-hydrogen) atoms. The Hall–Kier alpha value is -0.710. The van der Waals surface area contributed by atoms with E-state index >= 15 is 0 Å². The number of aliphatic hydroxyl groups excluding tert-OH is 1. The van der Waals surface area contributed by atoms with Crippen LogP contribution < -0.4 is 10.1 Å². The van der Waals surface area contributed by atoms with Gasteiger partial charge in [-0.15, -0.1) is 0 Å².